The average Bonchev–Trinajstić information content (AvgIpc) is 2.34. The Balaban J connectivity index is 2.14. The smallest absolute Gasteiger partial charge is 0.160 e. The minimum absolute atomic E-state index is 0.0237. The van der Waals surface area contributed by atoms with Gasteiger partial charge in [0.2, 0.25) is 0 Å². The molecule has 0 fully saturated rings. The van der Waals surface area contributed by atoms with E-state index in [1.54, 1.807) is 0 Å². The molecule has 0 radical (unpaired) electrons. The summed E-state index contributed by atoms with van der Waals surface area (Å²) in [4.78, 5) is 0. The molecular weight excluding hydrogens is 284 g/mol. The Morgan fingerprint density at radius 1 is 1.05 bits per heavy atom. The van der Waals surface area contributed by atoms with Gasteiger partial charge < -0.3 is 5.32 Å². The monoisotopic (exact) mass is 297 g/mol. The van der Waals surface area contributed by atoms with Gasteiger partial charge in [0.05, 0.1) is 10.0 Å². The minimum Gasteiger partial charge on any atom is -0.381 e. The Labute approximate surface area is 122 Å². The first-order valence-corrected chi connectivity index (χ1v) is 6.67. The number of hydrogen-bond donors (Lipinski definition) is 1. The summed E-state index contributed by atoms with van der Waals surface area (Å²) in [5, 5.41) is 3.24. The highest BCUT2D eigenvalue weighted by atomic mass is 35.5. The second-order valence-corrected chi connectivity index (χ2v) is 5.35. The van der Waals surface area contributed by atoms with Gasteiger partial charge in [0.25, 0.3) is 0 Å². The standard InChI is InChI=1S/C15H14Cl2FN/c1-9-3-4-11(10(2)5-9)8-19-12-6-13(16)15(18)14(17)7-12/h3-7,19H,8H2,1-2H3. The Kier molecular flexibility index (Phi) is 4.33. The molecule has 0 amide bonds. The highest BCUT2D eigenvalue weighted by molar-refractivity contribution is 6.35. The fraction of sp³-hybridized carbons (Fsp3) is 0.200. The first kappa shape index (κ1) is 14.2. The maximum Gasteiger partial charge on any atom is 0.160 e. The van der Waals surface area contributed by atoms with Crippen LogP contribution in [0, 0.1) is 19.7 Å². The molecule has 0 saturated carbocycles. The van der Waals surface area contributed by atoms with E-state index in [2.05, 4.69) is 37.4 Å². The lowest BCUT2D eigenvalue weighted by atomic mass is 10.1. The summed E-state index contributed by atoms with van der Waals surface area (Å²) in [6.07, 6.45) is 0. The first-order chi connectivity index (χ1) is 8.97. The van der Waals surface area contributed by atoms with Gasteiger partial charge in [0.15, 0.2) is 5.82 Å². The SMILES string of the molecule is Cc1ccc(CNc2cc(Cl)c(F)c(Cl)c2)c(C)c1. The Morgan fingerprint density at radius 2 is 1.68 bits per heavy atom. The third-order valence-corrected chi connectivity index (χ3v) is 3.51. The predicted molar refractivity (Wildman–Crippen MR) is 79.7 cm³/mol. The molecule has 0 saturated heterocycles. The zero-order chi connectivity index (χ0) is 14.0. The molecule has 0 unspecified atom stereocenters. The second kappa shape index (κ2) is 5.81. The van der Waals surface area contributed by atoms with Crippen molar-refractivity contribution in [2.75, 3.05) is 5.32 Å². The second-order valence-electron chi connectivity index (χ2n) is 4.54. The molecule has 4 heteroatoms. The van der Waals surface area contributed by atoms with Gasteiger partial charge in [-0.15, -0.1) is 0 Å². The summed E-state index contributed by atoms with van der Waals surface area (Å²) >= 11 is 11.5. The number of hydrogen-bond acceptors (Lipinski definition) is 1. The van der Waals surface area contributed by atoms with Gasteiger partial charge in [0, 0.05) is 12.2 Å². The van der Waals surface area contributed by atoms with Crippen LogP contribution in [-0.2, 0) is 6.54 Å². The molecule has 0 heterocycles. The number of anilines is 1. The van der Waals surface area contributed by atoms with E-state index >= 15 is 0 Å². The van der Waals surface area contributed by atoms with Crippen LogP contribution in [0.1, 0.15) is 16.7 Å². The van der Waals surface area contributed by atoms with E-state index in [4.69, 9.17) is 23.2 Å². The molecule has 2 aromatic carbocycles. The van der Waals surface area contributed by atoms with Crippen molar-refractivity contribution in [1.29, 1.82) is 0 Å². The van der Waals surface area contributed by atoms with Gasteiger partial charge in [0.1, 0.15) is 0 Å². The Hall–Kier alpha value is -1.25. The third kappa shape index (κ3) is 3.40. The van der Waals surface area contributed by atoms with Gasteiger partial charge in [-0.3, -0.25) is 0 Å². The van der Waals surface area contributed by atoms with E-state index in [0.29, 0.717) is 12.2 Å². The van der Waals surface area contributed by atoms with Crippen molar-refractivity contribution in [3.63, 3.8) is 0 Å². The van der Waals surface area contributed by atoms with Crippen LogP contribution in [0.15, 0.2) is 30.3 Å². The van der Waals surface area contributed by atoms with Gasteiger partial charge in [-0.1, -0.05) is 47.0 Å². The van der Waals surface area contributed by atoms with E-state index in [-0.39, 0.29) is 10.0 Å². The molecular formula is C15H14Cl2FN. The van der Waals surface area contributed by atoms with Crippen LogP contribution in [0.2, 0.25) is 10.0 Å². The van der Waals surface area contributed by atoms with Crippen molar-refractivity contribution in [2.45, 2.75) is 20.4 Å². The van der Waals surface area contributed by atoms with Crippen molar-refractivity contribution in [2.24, 2.45) is 0 Å². The molecule has 100 valence electrons. The highest BCUT2D eigenvalue weighted by Gasteiger charge is 2.07. The lowest BCUT2D eigenvalue weighted by molar-refractivity contribution is 0.629. The Morgan fingerprint density at radius 3 is 2.26 bits per heavy atom. The molecule has 0 aliphatic heterocycles. The highest BCUT2D eigenvalue weighted by Crippen LogP contribution is 2.27. The van der Waals surface area contributed by atoms with Crippen LogP contribution < -0.4 is 5.32 Å². The largest absolute Gasteiger partial charge is 0.381 e. The van der Waals surface area contributed by atoms with E-state index < -0.39 is 5.82 Å². The zero-order valence-electron chi connectivity index (χ0n) is 10.7. The normalized spacial score (nSPS) is 10.6. The maximum absolute atomic E-state index is 13.3. The van der Waals surface area contributed by atoms with Gasteiger partial charge in [-0.2, -0.15) is 0 Å². The lowest BCUT2D eigenvalue weighted by Crippen LogP contribution is -2.02. The molecule has 2 rings (SSSR count). The Bertz CT molecular complexity index is 588. The summed E-state index contributed by atoms with van der Waals surface area (Å²) in [7, 11) is 0. The maximum atomic E-state index is 13.3. The summed E-state index contributed by atoms with van der Waals surface area (Å²) in [6, 6.07) is 9.33. The predicted octanol–water partition coefficient (Wildman–Crippen LogP) is 5.36. The summed E-state index contributed by atoms with van der Waals surface area (Å²) in [5.74, 6) is -0.583. The number of rotatable bonds is 3. The molecule has 0 bridgehead atoms. The van der Waals surface area contributed by atoms with Crippen molar-refractivity contribution in [3.05, 3.63) is 62.9 Å². The lowest BCUT2D eigenvalue weighted by Gasteiger charge is -2.11. The van der Waals surface area contributed by atoms with E-state index in [0.717, 1.165) is 0 Å². The summed E-state index contributed by atoms with van der Waals surface area (Å²) in [5.41, 5.74) is 4.33. The fourth-order valence-corrected chi connectivity index (χ4v) is 2.39. The third-order valence-electron chi connectivity index (χ3n) is 2.96. The average molecular weight is 298 g/mol. The molecule has 0 aliphatic rings. The van der Waals surface area contributed by atoms with Crippen LogP contribution in [0.4, 0.5) is 10.1 Å². The van der Waals surface area contributed by atoms with Crippen LogP contribution in [0.5, 0.6) is 0 Å². The molecule has 19 heavy (non-hydrogen) atoms. The molecule has 0 aliphatic carbocycles. The zero-order valence-corrected chi connectivity index (χ0v) is 12.2. The van der Waals surface area contributed by atoms with Crippen LogP contribution in [-0.4, -0.2) is 0 Å². The van der Waals surface area contributed by atoms with Gasteiger partial charge in [-0.05, 0) is 37.1 Å². The van der Waals surface area contributed by atoms with Crippen molar-refractivity contribution >= 4 is 28.9 Å². The number of aryl methyl sites for hydroxylation is 2. The molecule has 0 atom stereocenters. The fourth-order valence-electron chi connectivity index (χ4n) is 1.90. The van der Waals surface area contributed by atoms with Crippen LogP contribution in [0.3, 0.4) is 0 Å². The van der Waals surface area contributed by atoms with Crippen molar-refractivity contribution in [1.82, 2.24) is 0 Å². The minimum atomic E-state index is -0.583. The number of benzene rings is 2. The van der Waals surface area contributed by atoms with Gasteiger partial charge >= 0.3 is 0 Å². The number of nitrogens with one attached hydrogen (secondary N) is 1. The molecule has 0 spiro atoms. The molecule has 0 aromatic heterocycles. The summed E-state index contributed by atoms with van der Waals surface area (Å²) in [6.45, 7) is 4.77. The quantitative estimate of drug-likeness (QED) is 0.752. The van der Waals surface area contributed by atoms with Crippen molar-refractivity contribution in [3.8, 4) is 0 Å². The van der Waals surface area contributed by atoms with E-state index in [1.807, 2.05) is 0 Å². The number of halogens is 3. The van der Waals surface area contributed by atoms with Gasteiger partial charge in [-0.25, -0.2) is 4.39 Å². The topological polar surface area (TPSA) is 12.0 Å². The van der Waals surface area contributed by atoms with Crippen LogP contribution >= 0.6 is 23.2 Å². The van der Waals surface area contributed by atoms with E-state index in [1.165, 1.54) is 28.8 Å². The molecule has 2 aromatic rings. The molecule has 1 N–H and O–H groups in total. The van der Waals surface area contributed by atoms with Crippen LogP contribution in [0.25, 0.3) is 0 Å². The first-order valence-electron chi connectivity index (χ1n) is 5.92. The van der Waals surface area contributed by atoms with Crippen molar-refractivity contribution < 1.29 is 4.39 Å². The van der Waals surface area contributed by atoms with E-state index in [9.17, 15) is 4.39 Å². The molecule has 1 nitrogen and oxygen atoms in total. The summed E-state index contributed by atoms with van der Waals surface area (Å²) < 4.78 is 13.3.